The Balaban J connectivity index is 1.43. The predicted molar refractivity (Wildman–Crippen MR) is 112 cm³/mol. The largest absolute Gasteiger partial charge is 0.352 e. The van der Waals surface area contributed by atoms with Crippen molar-refractivity contribution in [3.8, 4) is 0 Å². The molecule has 0 aliphatic rings. The second-order valence-corrected chi connectivity index (χ2v) is 7.22. The van der Waals surface area contributed by atoms with Crippen molar-refractivity contribution in [1.29, 1.82) is 0 Å². The van der Waals surface area contributed by atoms with Crippen molar-refractivity contribution >= 4 is 17.5 Å². The Hall–Kier alpha value is -3.55. The SMILES string of the molecule is CC(C)c1noc(CCCC(=O)NCc2cccc(NC(=O)c3ccncc3)c2)n1. The molecule has 2 heterocycles. The number of hydrogen-bond acceptors (Lipinski definition) is 6. The van der Waals surface area contributed by atoms with E-state index >= 15 is 0 Å². The van der Waals surface area contributed by atoms with Crippen molar-refractivity contribution in [2.45, 2.75) is 45.6 Å². The maximum absolute atomic E-state index is 12.2. The third-order valence-electron chi connectivity index (χ3n) is 4.41. The molecule has 2 N–H and O–H groups in total. The molecule has 0 aliphatic carbocycles. The molecule has 8 heteroatoms. The van der Waals surface area contributed by atoms with Gasteiger partial charge in [-0.1, -0.05) is 31.1 Å². The minimum absolute atomic E-state index is 0.0511. The van der Waals surface area contributed by atoms with Crippen molar-refractivity contribution < 1.29 is 14.1 Å². The monoisotopic (exact) mass is 407 g/mol. The normalized spacial score (nSPS) is 10.8. The van der Waals surface area contributed by atoms with Crippen molar-refractivity contribution in [3.63, 3.8) is 0 Å². The van der Waals surface area contributed by atoms with Crippen LogP contribution >= 0.6 is 0 Å². The highest BCUT2D eigenvalue weighted by Crippen LogP contribution is 2.13. The van der Waals surface area contributed by atoms with Gasteiger partial charge in [0.15, 0.2) is 5.82 Å². The maximum atomic E-state index is 12.2. The van der Waals surface area contributed by atoms with Gasteiger partial charge in [-0.2, -0.15) is 4.98 Å². The summed E-state index contributed by atoms with van der Waals surface area (Å²) in [7, 11) is 0. The first-order valence-electron chi connectivity index (χ1n) is 9.91. The molecular formula is C22H25N5O3. The Morgan fingerprint density at radius 3 is 2.67 bits per heavy atom. The number of aromatic nitrogens is 3. The van der Waals surface area contributed by atoms with Crippen molar-refractivity contribution in [3.05, 3.63) is 71.6 Å². The first-order chi connectivity index (χ1) is 14.5. The van der Waals surface area contributed by atoms with Crippen LogP contribution in [0.5, 0.6) is 0 Å². The first kappa shape index (κ1) is 21.2. The summed E-state index contributed by atoms with van der Waals surface area (Å²) in [6, 6.07) is 10.7. The van der Waals surface area contributed by atoms with Crippen LogP contribution < -0.4 is 10.6 Å². The molecule has 0 fully saturated rings. The van der Waals surface area contributed by atoms with Crippen LogP contribution in [-0.4, -0.2) is 26.9 Å². The second-order valence-electron chi connectivity index (χ2n) is 7.22. The van der Waals surface area contributed by atoms with Crippen LogP contribution in [0.3, 0.4) is 0 Å². The summed E-state index contributed by atoms with van der Waals surface area (Å²) >= 11 is 0. The van der Waals surface area contributed by atoms with Gasteiger partial charge in [-0.25, -0.2) is 0 Å². The van der Waals surface area contributed by atoms with E-state index in [1.54, 1.807) is 30.6 Å². The molecule has 0 atom stereocenters. The van der Waals surface area contributed by atoms with E-state index in [-0.39, 0.29) is 17.7 Å². The highest BCUT2D eigenvalue weighted by atomic mass is 16.5. The summed E-state index contributed by atoms with van der Waals surface area (Å²) in [6.45, 7) is 4.39. The number of aryl methyl sites for hydroxylation is 1. The predicted octanol–water partition coefficient (Wildman–Crippen LogP) is 3.48. The first-order valence-corrected chi connectivity index (χ1v) is 9.91. The minimum Gasteiger partial charge on any atom is -0.352 e. The lowest BCUT2D eigenvalue weighted by molar-refractivity contribution is -0.121. The maximum Gasteiger partial charge on any atom is 0.255 e. The molecule has 30 heavy (non-hydrogen) atoms. The number of rotatable bonds is 9. The average molecular weight is 407 g/mol. The molecule has 0 spiro atoms. The lowest BCUT2D eigenvalue weighted by atomic mass is 10.1. The second kappa shape index (κ2) is 10.3. The lowest BCUT2D eigenvalue weighted by Gasteiger charge is -2.09. The van der Waals surface area contributed by atoms with Crippen LogP contribution in [-0.2, 0) is 17.8 Å². The third kappa shape index (κ3) is 6.23. The molecule has 0 aliphatic heterocycles. The van der Waals surface area contributed by atoms with Gasteiger partial charge in [0.1, 0.15) is 0 Å². The molecule has 2 amide bonds. The van der Waals surface area contributed by atoms with Gasteiger partial charge >= 0.3 is 0 Å². The van der Waals surface area contributed by atoms with E-state index in [0.29, 0.717) is 48.8 Å². The quantitative estimate of drug-likeness (QED) is 0.562. The standard InChI is InChI=1S/C22H25N5O3/c1-15(2)21-26-20(30-27-21)8-4-7-19(28)24-14-16-5-3-6-18(13-16)25-22(29)17-9-11-23-12-10-17/h3,5-6,9-13,15H,4,7-8,14H2,1-2H3,(H,24,28)(H,25,29). The number of benzene rings is 1. The van der Waals surface area contributed by atoms with E-state index in [2.05, 4.69) is 25.8 Å². The Morgan fingerprint density at radius 2 is 1.93 bits per heavy atom. The van der Waals surface area contributed by atoms with Gasteiger partial charge in [0.25, 0.3) is 5.91 Å². The number of carbonyl (C=O) groups excluding carboxylic acids is 2. The number of anilines is 1. The lowest BCUT2D eigenvalue weighted by Crippen LogP contribution is -2.22. The number of hydrogen-bond donors (Lipinski definition) is 2. The summed E-state index contributed by atoms with van der Waals surface area (Å²) in [5.41, 5.74) is 2.10. The van der Waals surface area contributed by atoms with E-state index in [1.165, 1.54) is 0 Å². The van der Waals surface area contributed by atoms with Crippen LogP contribution in [0.15, 0.2) is 53.3 Å². The van der Waals surface area contributed by atoms with Gasteiger partial charge in [-0.05, 0) is 36.2 Å². The van der Waals surface area contributed by atoms with Gasteiger partial charge in [0, 0.05) is 48.9 Å². The van der Waals surface area contributed by atoms with E-state index in [1.807, 2.05) is 32.0 Å². The van der Waals surface area contributed by atoms with Crippen LogP contribution in [0.4, 0.5) is 5.69 Å². The molecule has 0 unspecified atom stereocenters. The van der Waals surface area contributed by atoms with E-state index < -0.39 is 0 Å². The van der Waals surface area contributed by atoms with Crippen LogP contribution in [0.25, 0.3) is 0 Å². The van der Waals surface area contributed by atoms with Crippen LogP contribution in [0.2, 0.25) is 0 Å². The zero-order valence-corrected chi connectivity index (χ0v) is 17.1. The topological polar surface area (TPSA) is 110 Å². The summed E-state index contributed by atoms with van der Waals surface area (Å²) in [5, 5.41) is 9.66. The highest BCUT2D eigenvalue weighted by molar-refractivity contribution is 6.04. The fourth-order valence-corrected chi connectivity index (χ4v) is 2.76. The molecule has 0 bridgehead atoms. The summed E-state index contributed by atoms with van der Waals surface area (Å²) in [5.74, 6) is 1.20. The summed E-state index contributed by atoms with van der Waals surface area (Å²) in [6.07, 6.45) is 4.72. The zero-order chi connectivity index (χ0) is 21.3. The van der Waals surface area contributed by atoms with E-state index in [0.717, 1.165) is 5.56 Å². The van der Waals surface area contributed by atoms with Crippen molar-refractivity contribution in [2.24, 2.45) is 0 Å². The van der Waals surface area contributed by atoms with Gasteiger partial charge in [-0.3, -0.25) is 14.6 Å². The minimum atomic E-state index is -0.208. The molecule has 2 aromatic heterocycles. The van der Waals surface area contributed by atoms with Gasteiger partial charge in [-0.15, -0.1) is 0 Å². The van der Waals surface area contributed by atoms with Crippen molar-refractivity contribution in [1.82, 2.24) is 20.4 Å². The third-order valence-corrected chi connectivity index (χ3v) is 4.41. The number of carbonyl (C=O) groups is 2. The average Bonchev–Trinajstić information content (AvgIpc) is 3.22. The molecule has 3 rings (SSSR count). The summed E-state index contributed by atoms with van der Waals surface area (Å²) < 4.78 is 5.18. The molecule has 0 saturated heterocycles. The number of pyridine rings is 1. The number of nitrogens with one attached hydrogen (secondary N) is 2. The Bertz CT molecular complexity index is 985. The zero-order valence-electron chi connectivity index (χ0n) is 17.1. The summed E-state index contributed by atoms with van der Waals surface area (Å²) in [4.78, 5) is 32.6. The molecule has 3 aromatic rings. The van der Waals surface area contributed by atoms with Crippen LogP contribution in [0.1, 0.15) is 60.2 Å². The Kier molecular flexibility index (Phi) is 7.26. The molecule has 1 aromatic carbocycles. The fourth-order valence-electron chi connectivity index (χ4n) is 2.76. The Morgan fingerprint density at radius 1 is 1.13 bits per heavy atom. The Labute approximate surface area is 175 Å². The van der Waals surface area contributed by atoms with Gasteiger partial charge < -0.3 is 15.2 Å². The molecule has 8 nitrogen and oxygen atoms in total. The smallest absolute Gasteiger partial charge is 0.255 e. The molecule has 156 valence electrons. The molecular weight excluding hydrogens is 382 g/mol. The van der Waals surface area contributed by atoms with E-state index in [9.17, 15) is 9.59 Å². The van der Waals surface area contributed by atoms with E-state index in [4.69, 9.17) is 4.52 Å². The molecule has 0 radical (unpaired) electrons. The number of nitrogens with zero attached hydrogens (tertiary/aromatic N) is 3. The highest BCUT2D eigenvalue weighted by Gasteiger charge is 2.10. The fraction of sp³-hybridized carbons (Fsp3) is 0.318. The van der Waals surface area contributed by atoms with Crippen LogP contribution in [0, 0.1) is 0 Å². The van der Waals surface area contributed by atoms with Gasteiger partial charge in [0.05, 0.1) is 0 Å². The van der Waals surface area contributed by atoms with Gasteiger partial charge in [0.2, 0.25) is 11.8 Å². The van der Waals surface area contributed by atoms with Crippen molar-refractivity contribution in [2.75, 3.05) is 5.32 Å². The molecule has 0 saturated carbocycles. The number of amides is 2.